The van der Waals surface area contributed by atoms with Crippen LogP contribution in [0.3, 0.4) is 0 Å². The lowest BCUT2D eigenvalue weighted by atomic mass is 10.00. The second-order valence-corrected chi connectivity index (χ2v) is 5.73. The van der Waals surface area contributed by atoms with Crippen LogP contribution >= 0.6 is 0 Å². The third kappa shape index (κ3) is 2.87. The van der Waals surface area contributed by atoms with Crippen molar-refractivity contribution in [2.24, 2.45) is 5.92 Å². The van der Waals surface area contributed by atoms with E-state index >= 15 is 0 Å². The van der Waals surface area contributed by atoms with Crippen LogP contribution in [0, 0.1) is 5.92 Å². The molecule has 0 bridgehead atoms. The van der Waals surface area contributed by atoms with Crippen LogP contribution < -0.4 is 5.69 Å². The second kappa shape index (κ2) is 5.52. The van der Waals surface area contributed by atoms with Gasteiger partial charge in [-0.15, -0.1) is 0 Å². The van der Waals surface area contributed by atoms with E-state index in [1.165, 1.54) is 5.56 Å². The molecule has 106 valence electrons. The largest absolute Gasteiger partial charge is 0.345 e. The van der Waals surface area contributed by atoms with Crippen molar-refractivity contribution < 1.29 is 0 Å². The summed E-state index contributed by atoms with van der Waals surface area (Å²) in [6.07, 6.45) is 1.00. The van der Waals surface area contributed by atoms with Crippen molar-refractivity contribution in [2.45, 2.75) is 20.3 Å². The van der Waals surface area contributed by atoms with Crippen LogP contribution in [0.5, 0.6) is 0 Å². The number of fused-ring (bicyclic) bond motifs is 1. The molecule has 1 aromatic heterocycles. The van der Waals surface area contributed by atoms with E-state index < -0.39 is 0 Å². The minimum atomic E-state index is -0.303. The number of hydrogen-bond acceptors (Lipinski definition) is 2. The monoisotopic (exact) mass is 278 g/mol. The van der Waals surface area contributed by atoms with Gasteiger partial charge in [-0.2, -0.15) is 4.98 Å². The van der Waals surface area contributed by atoms with Crippen LogP contribution in [0.1, 0.15) is 19.4 Å². The molecule has 0 aliphatic heterocycles. The zero-order valence-electron chi connectivity index (χ0n) is 12.3. The second-order valence-electron chi connectivity index (χ2n) is 5.73. The summed E-state index contributed by atoms with van der Waals surface area (Å²) in [4.78, 5) is 18.8. The molecule has 1 N–H and O–H groups in total. The Kier molecular flexibility index (Phi) is 3.57. The van der Waals surface area contributed by atoms with Crippen molar-refractivity contribution in [2.75, 3.05) is 0 Å². The number of rotatable bonds is 3. The predicted octanol–water partition coefficient (Wildman–Crippen LogP) is 3.79. The number of benzene rings is 2. The highest BCUT2D eigenvalue weighted by Crippen LogP contribution is 2.25. The highest BCUT2D eigenvalue weighted by Gasteiger charge is 2.08. The third-order valence-corrected chi connectivity index (χ3v) is 3.49. The number of H-pyrrole nitrogens is 1. The topological polar surface area (TPSA) is 45.8 Å². The molecule has 0 amide bonds. The molecule has 0 unspecified atom stereocenters. The molecule has 1 heterocycles. The van der Waals surface area contributed by atoms with E-state index in [1.807, 2.05) is 30.3 Å². The molecule has 3 heteroatoms. The van der Waals surface area contributed by atoms with Gasteiger partial charge in [0.2, 0.25) is 0 Å². The molecule has 2 aromatic carbocycles. The Hall–Kier alpha value is -2.42. The fourth-order valence-electron chi connectivity index (χ4n) is 2.62. The molecule has 3 nitrogen and oxygen atoms in total. The highest BCUT2D eigenvalue weighted by atomic mass is 16.1. The van der Waals surface area contributed by atoms with Crippen LogP contribution in [0.4, 0.5) is 0 Å². The fourth-order valence-corrected chi connectivity index (χ4v) is 2.62. The number of aromatic amines is 1. The Bertz CT molecular complexity index is 819. The quantitative estimate of drug-likeness (QED) is 0.792. The smallest absolute Gasteiger partial charge is 0.305 e. The lowest BCUT2D eigenvalue weighted by Gasteiger charge is -2.09. The van der Waals surface area contributed by atoms with Crippen LogP contribution in [0.25, 0.3) is 22.2 Å². The van der Waals surface area contributed by atoms with Gasteiger partial charge in [0.25, 0.3) is 0 Å². The van der Waals surface area contributed by atoms with E-state index in [9.17, 15) is 4.79 Å². The first-order valence-corrected chi connectivity index (χ1v) is 7.22. The maximum Gasteiger partial charge on any atom is 0.345 e. The van der Waals surface area contributed by atoms with Gasteiger partial charge in [0.1, 0.15) is 0 Å². The van der Waals surface area contributed by atoms with E-state index in [0.29, 0.717) is 5.92 Å². The molecule has 0 aliphatic rings. The molecule has 0 radical (unpaired) electrons. The van der Waals surface area contributed by atoms with Gasteiger partial charge < -0.3 is 4.98 Å². The van der Waals surface area contributed by atoms with E-state index in [-0.39, 0.29) is 5.69 Å². The van der Waals surface area contributed by atoms with Gasteiger partial charge in [-0.25, -0.2) is 4.79 Å². The molecule has 0 spiro atoms. The highest BCUT2D eigenvalue weighted by molar-refractivity contribution is 5.92. The molecule has 0 aliphatic carbocycles. The summed E-state index contributed by atoms with van der Waals surface area (Å²) in [6.45, 7) is 4.38. The van der Waals surface area contributed by atoms with E-state index in [2.05, 4.69) is 42.0 Å². The zero-order chi connectivity index (χ0) is 14.8. The van der Waals surface area contributed by atoms with Crippen LogP contribution in [-0.4, -0.2) is 9.97 Å². The van der Waals surface area contributed by atoms with Crippen molar-refractivity contribution in [1.82, 2.24) is 9.97 Å². The molecule has 0 saturated carbocycles. The van der Waals surface area contributed by atoms with Gasteiger partial charge in [0.15, 0.2) is 0 Å². The van der Waals surface area contributed by atoms with Crippen molar-refractivity contribution in [1.29, 1.82) is 0 Å². The summed E-state index contributed by atoms with van der Waals surface area (Å²) in [5.74, 6) is 0.588. The lowest BCUT2D eigenvalue weighted by Crippen LogP contribution is -2.11. The van der Waals surface area contributed by atoms with Crippen molar-refractivity contribution in [3.8, 4) is 11.3 Å². The van der Waals surface area contributed by atoms with Gasteiger partial charge in [0.05, 0.1) is 11.2 Å². The molecule has 21 heavy (non-hydrogen) atoms. The first kappa shape index (κ1) is 13.6. The molecular formula is C18H18N2O. The first-order chi connectivity index (χ1) is 10.1. The van der Waals surface area contributed by atoms with Gasteiger partial charge in [-0.3, -0.25) is 0 Å². The summed E-state index contributed by atoms with van der Waals surface area (Å²) in [7, 11) is 0. The average Bonchev–Trinajstić information content (AvgIpc) is 2.46. The third-order valence-electron chi connectivity index (χ3n) is 3.49. The van der Waals surface area contributed by atoms with Crippen molar-refractivity contribution >= 4 is 10.9 Å². The summed E-state index contributed by atoms with van der Waals surface area (Å²) in [5.41, 5.74) is 3.49. The Labute approximate surface area is 123 Å². The summed E-state index contributed by atoms with van der Waals surface area (Å²) in [5, 5.41) is 0.980. The molecule has 0 atom stereocenters. The van der Waals surface area contributed by atoms with Crippen molar-refractivity contribution in [3.63, 3.8) is 0 Å². The lowest BCUT2D eigenvalue weighted by molar-refractivity contribution is 0.647. The maximum atomic E-state index is 11.8. The summed E-state index contributed by atoms with van der Waals surface area (Å²) < 4.78 is 0. The minimum absolute atomic E-state index is 0.303. The minimum Gasteiger partial charge on any atom is -0.305 e. The van der Waals surface area contributed by atoms with Crippen LogP contribution in [0.2, 0.25) is 0 Å². The number of aromatic nitrogens is 2. The normalized spacial score (nSPS) is 11.2. The van der Waals surface area contributed by atoms with Crippen molar-refractivity contribution in [3.05, 3.63) is 64.6 Å². The van der Waals surface area contributed by atoms with E-state index in [1.54, 1.807) is 0 Å². The Balaban J connectivity index is 2.20. The van der Waals surface area contributed by atoms with E-state index in [0.717, 1.165) is 28.6 Å². The fraction of sp³-hybridized carbons (Fsp3) is 0.222. The maximum absolute atomic E-state index is 11.8. The predicted molar refractivity (Wildman–Crippen MR) is 86.3 cm³/mol. The first-order valence-electron chi connectivity index (χ1n) is 7.22. The van der Waals surface area contributed by atoms with Gasteiger partial charge in [-0.1, -0.05) is 56.3 Å². The standard InChI is InChI=1S/C18H18N2O/c1-12(2)10-13-8-9-15-16(11-13)19-18(21)20-17(15)14-6-4-3-5-7-14/h3-9,11-12H,10H2,1-2H3,(H,19,20,21). The number of nitrogens with one attached hydrogen (secondary N) is 1. The van der Waals surface area contributed by atoms with Gasteiger partial charge >= 0.3 is 5.69 Å². The Morgan fingerprint density at radius 1 is 1.10 bits per heavy atom. The summed E-state index contributed by atoms with van der Waals surface area (Å²) in [6, 6.07) is 16.1. The number of nitrogens with zero attached hydrogens (tertiary/aromatic N) is 1. The summed E-state index contributed by atoms with van der Waals surface area (Å²) >= 11 is 0. The zero-order valence-corrected chi connectivity index (χ0v) is 12.3. The SMILES string of the molecule is CC(C)Cc1ccc2c(-c3ccccc3)nc(=O)[nH]c2c1. The van der Waals surface area contributed by atoms with Crippen LogP contribution in [-0.2, 0) is 6.42 Å². The molecule has 0 saturated heterocycles. The molecular weight excluding hydrogens is 260 g/mol. The Morgan fingerprint density at radius 3 is 2.57 bits per heavy atom. The van der Waals surface area contributed by atoms with E-state index in [4.69, 9.17) is 0 Å². The van der Waals surface area contributed by atoms with Gasteiger partial charge in [-0.05, 0) is 24.0 Å². The molecule has 3 aromatic rings. The van der Waals surface area contributed by atoms with Crippen LogP contribution in [0.15, 0.2) is 53.3 Å². The Morgan fingerprint density at radius 2 is 1.86 bits per heavy atom. The number of hydrogen-bond donors (Lipinski definition) is 1. The molecule has 0 fully saturated rings. The molecule has 3 rings (SSSR count). The average molecular weight is 278 g/mol. The van der Waals surface area contributed by atoms with Gasteiger partial charge in [0, 0.05) is 10.9 Å².